The number of anilines is 1. The molecule has 1 aliphatic rings. The van der Waals surface area contributed by atoms with Crippen LogP contribution in [-0.4, -0.2) is 51.9 Å². The topological polar surface area (TPSA) is 69.7 Å². The van der Waals surface area contributed by atoms with E-state index >= 15 is 0 Å². The second-order valence-corrected chi connectivity index (χ2v) is 8.33. The highest BCUT2D eigenvalue weighted by Crippen LogP contribution is 2.17. The Morgan fingerprint density at radius 2 is 1.59 bits per heavy atom. The lowest BCUT2D eigenvalue weighted by Crippen LogP contribution is -2.49. The Bertz CT molecular complexity index is 976. The van der Waals surface area contributed by atoms with Gasteiger partial charge in [-0.25, -0.2) is 26.3 Å². The minimum Gasteiger partial charge on any atom is -0.368 e. The number of amides is 1. The number of nitrogens with zero attached hydrogens (tertiary/aromatic N) is 2. The van der Waals surface area contributed by atoms with E-state index in [0.717, 1.165) is 17.8 Å². The second kappa shape index (κ2) is 8.83. The normalized spacial score (nSPS) is 14.9. The molecule has 0 spiro atoms. The molecule has 10 heteroatoms. The zero-order valence-electron chi connectivity index (χ0n) is 15.4. The molecule has 2 aromatic rings. The van der Waals surface area contributed by atoms with Crippen molar-refractivity contribution in [2.24, 2.45) is 0 Å². The van der Waals surface area contributed by atoms with Gasteiger partial charge in [0.1, 0.15) is 5.82 Å². The maximum atomic E-state index is 13.2. The number of hydrogen-bond acceptors (Lipinski definition) is 4. The van der Waals surface area contributed by atoms with Crippen molar-refractivity contribution in [1.82, 2.24) is 9.62 Å². The van der Waals surface area contributed by atoms with E-state index in [9.17, 15) is 26.4 Å². The van der Waals surface area contributed by atoms with Gasteiger partial charge in [0.05, 0.1) is 4.90 Å². The largest absolute Gasteiger partial charge is 0.368 e. The first-order chi connectivity index (χ1) is 13.8. The Labute approximate surface area is 167 Å². The number of carbonyl (C=O) groups is 1. The van der Waals surface area contributed by atoms with Gasteiger partial charge >= 0.3 is 0 Å². The molecule has 1 aliphatic heterocycles. The van der Waals surface area contributed by atoms with E-state index in [0.29, 0.717) is 32.2 Å². The van der Waals surface area contributed by atoms with Crippen LogP contribution in [0.3, 0.4) is 0 Å². The molecule has 1 fully saturated rings. The molecular formula is C19H20F3N3O3S. The van der Waals surface area contributed by atoms with Crippen LogP contribution in [0.4, 0.5) is 18.9 Å². The number of piperazine rings is 1. The van der Waals surface area contributed by atoms with Crippen LogP contribution in [0.15, 0.2) is 47.4 Å². The highest BCUT2D eigenvalue weighted by Gasteiger charge is 2.22. The quantitative estimate of drug-likeness (QED) is 0.767. The Balaban J connectivity index is 1.47. The highest BCUT2D eigenvalue weighted by molar-refractivity contribution is 7.89. The number of halogens is 3. The summed E-state index contributed by atoms with van der Waals surface area (Å²) in [6.07, 6.45) is -0.0561. The van der Waals surface area contributed by atoms with E-state index in [1.165, 1.54) is 12.1 Å². The van der Waals surface area contributed by atoms with Crippen LogP contribution in [0.2, 0.25) is 0 Å². The van der Waals surface area contributed by atoms with Gasteiger partial charge in [-0.15, -0.1) is 0 Å². The van der Waals surface area contributed by atoms with Gasteiger partial charge in [-0.1, -0.05) is 0 Å². The van der Waals surface area contributed by atoms with Gasteiger partial charge in [0, 0.05) is 44.8 Å². The third-order valence-electron chi connectivity index (χ3n) is 4.66. The molecule has 0 aromatic heterocycles. The van der Waals surface area contributed by atoms with E-state index in [2.05, 4.69) is 4.72 Å². The summed E-state index contributed by atoms with van der Waals surface area (Å²) in [5.74, 6) is -2.92. The van der Waals surface area contributed by atoms with Crippen LogP contribution in [0.1, 0.15) is 6.42 Å². The van der Waals surface area contributed by atoms with Crippen molar-refractivity contribution in [3.8, 4) is 0 Å². The zero-order valence-corrected chi connectivity index (χ0v) is 16.3. The van der Waals surface area contributed by atoms with Crippen molar-refractivity contribution in [2.45, 2.75) is 11.3 Å². The molecule has 0 atom stereocenters. The molecule has 0 bridgehead atoms. The maximum Gasteiger partial charge on any atom is 0.240 e. The molecule has 156 valence electrons. The first-order valence-corrected chi connectivity index (χ1v) is 10.5. The van der Waals surface area contributed by atoms with Gasteiger partial charge in [0.25, 0.3) is 0 Å². The summed E-state index contributed by atoms with van der Waals surface area (Å²) in [7, 11) is -4.04. The standard InChI is InChI=1S/C19H20F3N3O3S/c20-14-1-3-15(4-2-14)24-9-11-25(12-10-24)19(26)7-8-23-29(27,28)16-5-6-17(21)18(22)13-16/h1-6,13,23H,7-12H2. The SMILES string of the molecule is O=C(CCNS(=O)(=O)c1ccc(F)c(F)c1)N1CCN(c2ccc(F)cc2)CC1. The smallest absolute Gasteiger partial charge is 0.240 e. The van der Waals surface area contributed by atoms with Crippen molar-refractivity contribution in [2.75, 3.05) is 37.6 Å². The molecule has 0 aliphatic carbocycles. The van der Waals surface area contributed by atoms with Crippen molar-refractivity contribution in [3.05, 3.63) is 59.9 Å². The molecule has 2 aromatic carbocycles. The summed E-state index contributed by atoms with van der Waals surface area (Å²) >= 11 is 0. The maximum absolute atomic E-state index is 13.2. The first-order valence-electron chi connectivity index (χ1n) is 8.99. The molecule has 3 rings (SSSR count). The van der Waals surface area contributed by atoms with Crippen LogP contribution in [-0.2, 0) is 14.8 Å². The van der Waals surface area contributed by atoms with Crippen LogP contribution in [0, 0.1) is 17.5 Å². The highest BCUT2D eigenvalue weighted by atomic mass is 32.2. The second-order valence-electron chi connectivity index (χ2n) is 6.57. The molecule has 0 saturated carbocycles. The minimum absolute atomic E-state index is 0.0561. The number of hydrogen-bond donors (Lipinski definition) is 1. The summed E-state index contributed by atoms with van der Waals surface area (Å²) in [6, 6.07) is 8.40. The summed E-state index contributed by atoms with van der Waals surface area (Å²) < 4.78 is 65.6. The van der Waals surface area contributed by atoms with Crippen molar-refractivity contribution >= 4 is 21.6 Å². The van der Waals surface area contributed by atoms with E-state index in [1.54, 1.807) is 17.0 Å². The summed E-state index contributed by atoms with van der Waals surface area (Å²) in [6.45, 7) is 1.94. The third kappa shape index (κ3) is 5.27. The fraction of sp³-hybridized carbons (Fsp3) is 0.316. The van der Waals surface area contributed by atoms with Crippen LogP contribution >= 0.6 is 0 Å². The fourth-order valence-corrected chi connectivity index (χ4v) is 4.09. The van der Waals surface area contributed by atoms with E-state index in [4.69, 9.17) is 0 Å². The molecule has 6 nitrogen and oxygen atoms in total. The van der Waals surface area contributed by atoms with Gasteiger partial charge in [-0.3, -0.25) is 4.79 Å². The number of benzene rings is 2. The average molecular weight is 427 g/mol. The Morgan fingerprint density at radius 1 is 0.931 bits per heavy atom. The molecular weight excluding hydrogens is 407 g/mol. The lowest BCUT2D eigenvalue weighted by atomic mass is 10.2. The molecule has 1 N–H and O–H groups in total. The average Bonchev–Trinajstić information content (AvgIpc) is 2.70. The number of nitrogens with one attached hydrogen (secondary N) is 1. The van der Waals surface area contributed by atoms with Crippen LogP contribution in [0.25, 0.3) is 0 Å². The van der Waals surface area contributed by atoms with E-state index < -0.39 is 26.6 Å². The Hall–Kier alpha value is -2.59. The first kappa shape index (κ1) is 21.1. The summed E-state index contributed by atoms with van der Waals surface area (Å²) in [4.78, 5) is 15.6. The van der Waals surface area contributed by atoms with Crippen LogP contribution in [0.5, 0.6) is 0 Å². The molecule has 0 unspecified atom stereocenters. The Morgan fingerprint density at radius 3 is 2.21 bits per heavy atom. The number of rotatable bonds is 6. The predicted octanol–water partition coefficient (Wildman–Crippen LogP) is 2.12. The third-order valence-corrected chi connectivity index (χ3v) is 6.12. The molecule has 1 heterocycles. The summed E-state index contributed by atoms with van der Waals surface area (Å²) in [5.41, 5.74) is 0.873. The van der Waals surface area contributed by atoms with Gasteiger partial charge in [-0.2, -0.15) is 0 Å². The van der Waals surface area contributed by atoms with Gasteiger partial charge in [0.2, 0.25) is 15.9 Å². The number of sulfonamides is 1. The lowest BCUT2D eigenvalue weighted by Gasteiger charge is -2.36. The summed E-state index contributed by atoms with van der Waals surface area (Å²) in [5, 5.41) is 0. The van der Waals surface area contributed by atoms with Crippen molar-refractivity contribution < 1.29 is 26.4 Å². The fourth-order valence-electron chi connectivity index (χ4n) is 3.04. The Kier molecular flexibility index (Phi) is 6.43. The van der Waals surface area contributed by atoms with Crippen LogP contribution < -0.4 is 9.62 Å². The lowest BCUT2D eigenvalue weighted by molar-refractivity contribution is -0.131. The molecule has 1 amide bonds. The number of carbonyl (C=O) groups excluding carboxylic acids is 1. The van der Waals surface area contributed by atoms with Gasteiger partial charge in [0.15, 0.2) is 11.6 Å². The van der Waals surface area contributed by atoms with Gasteiger partial charge < -0.3 is 9.80 Å². The predicted molar refractivity (Wildman–Crippen MR) is 101 cm³/mol. The van der Waals surface area contributed by atoms with Gasteiger partial charge in [-0.05, 0) is 42.5 Å². The van der Waals surface area contributed by atoms with E-state index in [1.807, 2.05) is 4.90 Å². The monoisotopic (exact) mass is 427 g/mol. The molecule has 0 radical (unpaired) electrons. The molecule has 1 saturated heterocycles. The minimum atomic E-state index is -4.04. The van der Waals surface area contributed by atoms with Crippen molar-refractivity contribution in [1.29, 1.82) is 0 Å². The van der Waals surface area contributed by atoms with Crippen molar-refractivity contribution in [3.63, 3.8) is 0 Å². The zero-order chi connectivity index (χ0) is 21.0. The molecule has 29 heavy (non-hydrogen) atoms. The van der Waals surface area contributed by atoms with E-state index in [-0.39, 0.29) is 24.7 Å².